The molecule has 2 aliphatic rings. The van der Waals surface area contributed by atoms with Crippen molar-refractivity contribution in [3.63, 3.8) is 0 Å². The summed E-state index contributed by atoms with van der Waals surface area (Å²) in [5.41, 5.74) is 0.386. The van der Waals surface area contributed by atoms with Crippen molar-refractivity contribution in [2.45, 2.75) is 24.5 Å². The van der Waals surface area contributed by atoms with Gasteiger partial charge in [-0.1, -0.05) is 18.2 Å². The molecule has 0 radical (unpaired) electrons. The zero-order valence-corrected chi connectivity index (χ0v) is 12.2. The maximum atomic E-state index is 9.83. The molecule has 2 saturated heterocycles. The molecule has 116 valence electrons. The van der Waals surface area contributed by atoms with E-state index in [2.05, 4.69) is 0 Å². The van der Waals surface area contributed by atoms with Crippen molar-refractivity contribution in [3.8, 4) is 5.75 Å². The van der Waals surface area contributed by atoms with Gasteiger partial charge in [-0.2, -0.15) is 0 Å². The van der Waals surface area contributed by atoms with Gasteiger partial charge in [-0.05, 0) is 18.9 Å². The van der Waals surface area contributed by atoms with Gasteiger partial charge >= 0.3 is 0 Å². The first kappa shape index (κ1) is 14.8. The maximum absolute atomic E-state index is 9.83. The van der Waals surface area contributed by atoms with E-state index in [9.17, 15) is 10.2 Å². The molecule has 1 aromatic rings. The minimum atomic E-state index is -0.558. The predicted molar refractivity (Wildman–Crippen MR) is 75.9 cm³/mol. The monoisotopic (exact) mass is 294 g/mol. The number of aliphatic hydroxyl groups excluding tert-OH is 2. The molecule has 2 fully saturated rings. The fraction of sp³-hybridized carbons (Fsp3) is 0.625. The zero-order chi connectivity index (χ0) is 14.9. The fourth-order valence-electron chi connectivity index (χ4n) is 3.91. The lowest BCUT2D eigenvalue weighted by Crippen LogP contribution is -2.39. The Bertz CT molecular complexity index is 491. The predicted octanol–water partition coefficient (Wildman–Crippen LogP) is 1.27. The van der Waals surface area contributed by atoms with Crippen molar-refractivity contribution in [3.05, 3.63) is 29.8 Å². The van der Waals surface area contributed by atoms with Crippen molar-refractivity contribution < 1.29 is 24.4 Å². The molecule has 21 heavy (non-hydrogen) atoms. The molecule has 2 bridgehead atoms. The van der Waals surface area contributed by atoms with Crippen molar-refractivity contribution in [2.75, 3.05) is 27.1 Å². The number of hydrogen-bond donors (Lipinski definition) is 2. The van der Waals surface area contributed by atoms with Crippen LogP contribution < -0.4 is 4.74 Å². The molecular weight excluding hydrogens is 272 g/mol. The maximum Gasteiger partial charge on any atom is 0.188 e. The van der Waals surface area contributed by atoms with E-state index < -0.39 is 5.60 Å². The van der Waals surface area contributed by atoms with Gasteiger partial charge in [-0.15, -0.1) is 0 Å². The van der Waals surface area contributed by atoms with Gasteiger partial charge < -0.3 is 24.4 Å². The van der Waals surface area contributed by atoms with E-state index in [4.69, 9.17) is 14.2 Å². The van der Waals surface area contributed by atoms with E-state index in [0.717, 1.165) is 24.2 Å². The summed E-state index contributed by atoms with van der Waals surface area (Å²) in [4.78, 5) is 0. The first-order valence-electron chi connectivity index (χ1n) is 7.37. The van der Waals surface area contributed by atoms with E-state index in [0.29, 0.717) is 0 Å². The summed E-state index contributed by atoms with van der Waals surface area (Å²) in [7, 11) is 1.58. The van der Waals surface area contributed by atoms with Crippen LogP contribution in [-0.4, -0.2) is 43.4 Å². The number of benzene rings is 1. The Morgan fingerprint density at radius 1 is 1.29 bits per heavy atom. The van der Waals surface area contributed by atoms with E-state index >= 15 is 0 Å². The van der Waals surface area contributed by atoms with Crippen LogP contribution >= 0.6 is 0 Å². The third-order valence-corrected chi connectivity index (χ3v) is 4.84. The van der Waals surface area contributed by atoms with Gasteiger partial charge in [0.15, 0.2) is 6.79 Å². The normalized spacial score (nSPS) is 34.3. The molecule has 0 aliphatic carbocycles. The van der Waals surface area contributed by atoms with Crippen LogP contribution in [0, 0.1) is 11.8 Å². The Morgan fingerprint density at radius 2 is 2.10 bits per heavy atom. The summed E-state index contributed by atoms with van der Waals surface area (Å²) in [5.74, 6) is 0.602. The summed E-state index contributed by atoms with van der Waals surface area (Å²) >= 11 is 0. The van der Waals surface area contributed by atoms with E-state index in [-0.39, 0.29) is 37.9 Å². The quantitative estimate of drug-likeness (QED) is 0.774. The van der Waals surface area contributed by atoms with Gasteiger partial charge in [0.1, 0.15) is 11.4 Å². The molecule has 2 heterocycles. The van der Waals surface area contributed by atoms with Gasteiger partial charge in [-0.3, -0.25) is 0 Å². The third-order valence-electron chi connectivity index (χ3n) is 4.84. The largest absolute Gasteiger partial charge is 0.467 e. The summed E-state index contributed by atoms with van der Waals surface area (Å²) in [5, 5.41) is 19.4. The minimum Gasteiger partial charge on any atom is -0.467 e. The highest BCUT2D eigenvalue weighted by Crippen LogP contribution is 2.58. The van der Waals surface area contributed by atoms with Crippen LogP contribution in [0.5, 0.6) is 5.75 Å². The Labute approximate surface area is 124 Å². The Morgan fingerprint density at radius 3 is 2.81 bits per heavy atom. The third kappa shape index (κ3) is 2.25. The molecule has 5 nitrogen and oxygen atoms in total. The van der Waals surface area contributed by atoms with Crippen molar-refractivity contribution in [1.82, 2.24) is 0 Å². The van der Waals surface area contributed by atoms with Gasteiger partial charge in [-0.25, -0.2) is 0 Å². The second kappa shape index (κ2) is 5.93. The number of para-hydroxylation sites is 1. The lowest BCUT2D eigenvalue weighted by atomic mass is 9.69. The van der Waals surface area contributed by atoms with Crippen LogP contribution in [0.15, 0.2) is 24.3 Å². The Balaban J connectivity index is 1.98. The van der Waals surface area contributed by atoms with Gasteiger partial charge in [0.2, 0.25) is 0 Å². The van der Waals surface area contributed by atoms with E-state index in [1.54, 1.807) is 7.11 Å². The Hall–Kier alpha value is -1.14. The van der Waals surface area contributed by atoms with Crippen LogP contribution in [0.3, 0.4) is 0 Å². The molecule has 3 rings (SSSR count). The highest BCUT2D eigenvalue weighted by molar-refractivity contribution is 5.41. The topological polar surface area (TPSA) is 68.2 Å². The van der Waals surface area contributed by atoms with Crippen molar-refractivity contribution >= 4 is 0 Å². The summed E-state index contributed by atoms with van der Waals surface area (Å²) in [6.07, 6.45) is 1.76. The van der Waals surface area contributed by atoms with Gasteiger partial charge in [0.05, 0.1) is 6.10 Å². The molecule has 0 spiro atoms. The van der Waals surface area contributed by atoms with E-state index in [1.807, 2.05) is 24.3 Å². The molecule has 4 atom stereocenters. The molecule has 0 amide bonds. The number of aliphatic hydroxyl groups is 2. The second-order valence-electron chi connectivity index (χ2n) is 5.77. The molecule has 2 aliphatic heterocycles. The van der Waals surface area contributed by atoms with Gasteiger partial charge in [0, 0.05) is 37.7 Å². The summed E-state index contributed by atoms with van der Waals surface area (Å²) in [6.45, 7) is 0.211. The van der Waals surface area contributed by atoms with E-state index in [1.165, 1.54) is 0 Å². The SMILES string of the molecule is COCOc1ccccc1[C@@]12CC[C@@H](O1)[C@@H](CO)[C@H]2CO. The standard InChI is InChI=1S/C16H22O5/c1-19-10-20-15-5-3-2-4-12(15)16-7-6-14(21-16)11(8-17)13(16)9-18/h2-5,11,13-14,17-18H,6-10H2,1H3/t11-,13+,14+,16+/m0/s1. The average Bonchev–Trinajstić information content (AvgIpc) is 3.09. The van der Waals surface area contributed by atoms with Crippen LogP contribution in [0.2, 0.25) is 0 Å². The van der Waals surface area contributed by atoms with Crippen LogP contribution in [-0.2, 0) is 15.1 Å². The lowest BCUT2D eigenvalue weighted by Gasteiger charge is -2.36. The second-order valence-corrected chi connectivity index (χ2v) is 5.77. The first-order valence-corrected chi connectivity index (χ1v) is 7.37. The molecule has 1 aromatic carbocycles. The number of rotatable bonds is 6. The average molecular weight is 294 g/mol. The lowest BCUT2D eigenvalue weighted by molar-refractivity contribution is -0.0300. The van der Waals surface area contributed by atoms with Crippen molar-refractivity contribution in [1.29, 1.82) is 0 Å². The smallest absolute Gasteiger partial charge is 0.188 e. The summed E-state index contributed by atoms with van der Waals surface area (Å²) < 4.78 is 16.9. The zero-order valence-electron chi connectivity index (χ0n) is 12.2. The molecule has 0 saturated carbocycles. The molecule has 0 aromatic heterocycles. The summed E-state index contributed by atoms with van der Waals surface area (Å²) in [6, 6.07) is 7.72. The van der Waals surface area contributed by atoms with Crippen LogP contribution in [0.4, 0.5) is 0 Å². The fourth-order valence-corrected chi connectivity index (χ4v) is 3.91. The number of ether oxygens (including phenoxy) is 3. The van der Waals surface area contributed by atoms with Crippen molar-refractivity contribution in [2.24, 2.45) is 11.8 Å². The number of methoxy groups -OCH3 is 1. The molecule has 2 N–H and O–H groups in total. The van der Waals surface area contributed by atoms with Crippen LogP contribution in [0.25, 0.3) is 0 Å². The number of hydrogen-bond acceptors (Lipinski definition) is 5. The highest BCUT2D eigenvalue weighted by Gasteiger charge is 2.60. The molecular formula is C16H22O5. The van der Waals surface area contributed by atoms with Gasteiger partial charge in [0.25, 0.3) is 0 Å². The highest BCUT2D eigenvalue weighted by atomic mass is 16.7. The minimum absolute atomic E-state index is 0.000336. The molecule has 0 unspecified atom stereocenters. The first-order chi connectivity index (χ1) is 10.3. The number of fused-ring (bicyclic) bond motifs is 2. The Kier molecular flexibility index (Phi) is 4.17. The van der Waals surface area contributed by atoms with Crippen LogP contribution in [0.1, 0.15) is 18.4 Å². The molecule has 5 heteroatoms.